The minimum Gasteiger partial charge on any atom is -0.497 e. The highest BCUT2D eigenvalue weighted by atomic mass is 16.5. The van der Waals surface area contributed by atoms with Gasteiger partial charge in [0.05, 0.1) is 34.1 Å². The van der Waals surface area contributed by atoms with Gasteiger partial charge in [0.2, 0.25) is 0 Å². The van der Waals surface area contributed by atoms with Crippen molar-refractivity contribution < 1.29 is 23.7 Å². The van der Waals surface area contributed by atoms with Crippen molar-refractivity contribution in [2.24, 2.45) is 0 Å². The number of hydrogen-bond acceptors (Lipinski definition) is 5. The average molecular weight is 343 g/mol. The molecule has 25 heavy (non-hydrogen) atoms. The molecule has 2 aromatic rings. The number of amides is 1. The van der Waals surface area contributed by atoms with Gasteiger partial charge < -0.3 is 18.9 Å². The Kier molecular flexibility index (Phi) is 6.28. The van der Waals surface area contributed by atoms with Crippen molar-refractivity contribution in [1.29, 1.82) is 0 Å². The second-order valence-corrected chi connectivity index (χ2v) is 5.05. The SMILES string of the molecule is COC(=O)N/C(=C\c1cc(OC)cc(OC)c1)c1ccc(OC)cc1. The fourth-order valence-corrected chi connectivity index (χ4v) is 2.20. The lowest BCUT2D eigenvalue weighted by molar-refractivity contribution is 0.176. The fraction of sp³-hybridized carbons (Fsp3) is 0.211. The topological polar surface area (TPSA) is 66.0 Å². The molecular formula is C19H21NO5. The van der Waals surface area contributed by atoms with Crippen molar-refractivity contribution in [2.75, 3.05) is 28.4 Å². The molecule has 1 N–H and O–H groups in total. The molecule has 0 atom stereocenters. The van der Waals surface area contributed by atoms with Gasteiger partial charge in [0, 0.05) is 6.07 Å². The van der Waals surface area contributed by atoms with Crippen LogP contribution in [0.15, 0.2) is 42.5 Å². The summed E-state index contributed by atoms with van der Waals surface area (Å²) in [6.45, 7) is 0. The Hall–Kier alpha value is -3.15. The monoisotopic (exact) mass is 343 g/mol. The van der Waals surface area contributed by atoms with E-state index in [0.29, 0.717) is 17.2 Å². The molecule has 0 aliphatic heterocycles. The minimum atomic E-state index is -0.558. The number of rotatable bonds is 6. The van der Waals surface area contributed by atoms with Crippen LogP contribution in [0.5, 0.6) is 17.2 Å². The Morgan fingerprint density at radius 1 is 0.840 bits per heavy atom. The number of methoxy groups -OCH3 is 4. The summed E-state index contributed by atoms with van der Waals surface area (Å²) in [6, 6.07) is 12.8. The van der Waals surface area contributed by atoms with Crippen molar-refractivity contribution in [3.8, 4) is 17.2 Å². The van der Waals surface area contributed by atoms with Gasteiger partial charge in [0.15, 0.2) is 0 Å². The largest absolute Gasteiger partial charge is 0.497 e. The van der Waals surface area contributed by atoms with Gasteiger partial charge in [0.25, 0.3) is 0 Å². The first-order chi connectivity index (χ1) is 12.1. The van der Waals surface area contributed by atoms with Gasteiger partial charge in [0.1, 0.15) is 17.2 Å². The lowest BCUT2D eigenvalue weighted by Gasteiger charge is -2.11. The Bertz CT molecular complexity index is 731. The zero-order chi connectivity index (χ0) is 18.2. The Morgan fingerprint density at radius 2 is 1.40 bits per heavy atom. The van der Waals surface area contributed by atoms with E-state index in [1.807, 2.05) is 42.5 Å². The third-order valence-corrected chi connectivity index (χ3v) is 3.51. The first-order valence-corrected chi connectivity index (χ1v) is 7.53. The second-order valence-electron chi connectivity index (χ2n) is 5.05. The molecule has 0 bridgehead atoms. The molecule has 0 saturated carbocycles. The maximum Gasteiger partial charge on any atom is 0.411 e. The molecule has 132 valence electrons. The van der Waals surface area contributed by atoms with Crippen LogP contribution < -0.4 is 19.5 Å². The molecule has 2 rings (SSSR count). The highest BCUT2D eigenvalue weighted by Crippen LogP contribution is 2.26. The van der Waals surface area contributed by atoms with Crippen LogP contribution in [0.1, 0.15) is 11.1 Å². The number of nitrogens with one attached hydrogen (secondary N) is 1. The van der Waals surface area contributed by atoms with Crippen molar-refractivity contribution >= 4 is 17.9 Å². The van der Waals surface area contributed by atoms with Gasteiger partial charge >= 0.3 is 6.09 Å². The smallest absolute Gasteiger partial charge is 0.411 e. The van der Waals surface area contributed by atoms with Crippen molar-refractivity contribution in [1.82, 2.24) is 5.32 Å². The van der Waals surface area contributed by atoms with Gasteiger partial charge in [-0.3, -0.25) is 5.32 Å². The Morgan fingerprint density at radius 3 is 1.88 bits per heavy atom. The van der Waals surface area contributed by atoms with E-state index in [1.165, 1.54) is 7.11 Å². The number of carbonyl (C=O) groups is 1. The molecule has 0 fully saturated rings. The summed E-state index contributed by atoms with van der Waals surface area (Å²) in [5.41, 5.74) is 2.18. The highest BCUT2D eigenvalue weighted by Gasteiger charge is 2.09. The summed E-state index contributed by atoms with van der Waals surface area (Å²) in [5.74, 6) is 2.03. The third kappa shape index (κ3) is 4.91. The predicted octanol–water partition coefficient (Wildman–Crippen LogP) is 3.57. The third-order valence-electron chi connectivity index (χ3n) is 3.51. The van der Waals surface area contributed by atoms with Gasteiger partial charge in [-0.1, -0.05) is 0 Å². The van der Waals surface area contributed by atoms with Crippen LogP contribution in [0.4, 0.5) is 4.79 Å². The maximum atomic E-state index is 11.7. The quantitative estimate of drug-likeness (QED) is 0.812. The van der Waals surface area contributed by atoms with Crippen LogP contribution in [-0.2, 0) is 4.74 Å². The van der Waals surface area contributed by atoms with E-state index in [-0.39, 0.29) is 0 Å². The van der Waals surface area contributed by atoms with Crippen LogP contribution in [0, 0.1) is 0 Å². The minimum absolute atomic E-state index is 0.558. The molecule has 0 radical (unpaired) electrons. The number of hydrogen-bond donors (Lipinski definition) is 1. The van der Waals surface area contributed by atoms with E-state index in [1.54, 1.807) is 27.4 Å². The lowest BCUT2D eigenvalue weighted by atomic mass is 10.1. The van der Waals surface area contributed by atoms with Crippen molar-refractivity contribution in [3.05, 3.63) is 53.6 Å². The van der Waals surface area contributed by atoms with Crippen molar-refractivity contribution in [3.63, 3.8) is 0 Å². The van der Waals surface area contributed by atoms with Crippen LogP contribution in [0.2, 0.25) is 0 Å². The molecule has 0 aliphatic rings. The van der Waals surface area contributed by atoms with E-state index in [0.717, 1.165) is 16.9 Å². The Labute approximate surface area is 147 Å². The molecule has 0 aromatic heterocycles. The van der Waals surface area contributed by atoms with E-state index in [9.17, 15) is 4.79 Å². The molecule has 0 spiro atoms. The molecule has 0 heterocycles. The number of benzene rings is 2. The molecule has 6 nitrogen and oxygen atoms in total. The average Bonchev–Trinajstić information content (AvgIpc) is 2.66. The summed E-state index contributed by atoms with van der Waals surface area (Å²) >= 11 is 0. The van der Waals surface area contributed by atoms with E-state index in [2.05, 4.69) is 5.32 Å². The first-order valence-electron chi connectivity index (χ1n) is 7.53. The normalized spacial score (nSPS) is 10.8. The van der Waals surface area contributed by atoms with E-state index < -0.39 is 6.09 Å². The lowest BCUT2D eigenvalue weighted by Crippen LogP contribution is -2.21. The zero-order valence-corrected chi connectivity index (χ0v) is 14.7. The van der Waals surface area contributed by atoms with Crippen molar-refractivity contribution in [2.45, 2.75) is 0 Å². The summed E-state index contributed by atoms with van der Waals surface area (Å²) in [6.07, 6.45) is 1.25. The predicted molar refractivity (Wildman–Crippen MR) is 96.0 cm³/mol. The second kappa shape index (κ2) is 8.63. The van der Waals surface area contributed by atoms with Crippen LogP contribution in [0.25, 0.3) is 11.8 Å². The highest BCUT2D eigenvalue weighted by molar-refractivity contribution is 5.89. The zero-order valence-electron chi connectivity index (χ0n) is 14.7. The van der Waals surface area contributed by atoms with E-state index in [4.69, 9.17) is 18.9 Å². The summed E-state index contributed by atoms with van der Waals surface area (Å²) in [4.78, 5) is 11.7. The molecule has 0 unspecified atom stereocenters. The van der Waals surface area contributed by atoms with Gasteiger partial charge in [-0.05, 0) is 53.6 Å². The molecule has 2 aromatic carbocycles. The Balaban J connectivity index is 2.46. The summed E-state index contributed by atoms with van der Waals surface area (Å²) in [7, 11) is 6.08. The van der Waals surface area contributed by atoms with Gasteiger partial charge in [-0.2, -0.15) is 0 Å². The van der Waals surface area contributed by atoms with Gasteiger partial charge in [-0.25, -0.2) is 4.79 Å². The number of alkyl carbamates (subject to hydrolysis) is 1. The number of carbonyl (C=O) groups excluding carboxylic acids is 1. The summed E-state index contributed by atoms with van der Waals surface area (Å²) in [5, 5.41) is 2.72. The molecule has 0 saturated heterocycles. The summed E-state index contributed by atoms with van der Waals surface area (Å²) < 4.78 is 20.4. The van der Waals surface area contributed by atoms with Crippen LogP contribution in [-0.4, -0.2) is 34.5 Å². The molecular weight excluding hydrogens is 322 g/mol. The van der Waals surface area contributed by atoms with Crippen LogP contribution in [0.3, 0.4) is 0 Å². The van der Waals surface area contributed by atoms with E-state index >= 15 is 0 Å². The molecule has 0 aliphatic carbocycles. The fourth-order valence-electron chi connectivity index (χ4n) is 2.20. The standard InChI is InChI=1S/C19H21NO5/c1-22-15-7-5-14(6-8-15)18(20-19(21)25-4)11-13-9-16(23-2)12-17(10-13)24-3/h5-12H,1-4H3,(H,20,21)/b18-11-. The maximum absolute atomic E-state index is 11.7. The molecule has 6 heteroatoms. The molecule has 1 amide bonds. The van der Waals surface area contributed by atoms with Crippen LogP contribution >= 0.6 is 0 Å². The first kappa shape index (κ1) is 18.2. The van der Waals surface area contributed by atoms with Gasteiger partial charge in [-0.15, -0.1) is 0 Å². The number of ether oxygens (including phenoxy) is 4.